The molecule has 0 aliphatic carbocycles. The maximum absolute atomic E-state index is 12.9. The molecule has 1 aromatic rings. The van der Waals surface area contributed by atoms with Crippen LogP contribution in [-0.4, -0.2) is 35.5 Å². The van der Waals surface area contributed by atoms with Gasteiger partial charge in [0.05, 0.1) is 16.7 Å². The minimum atomic E-state index is -4.38. The standard InChI is InChI=1S/C13H13F4N3O3S/c1-2-3-18-12(24)19-8-4-9(20(21)22)6-10(5-8)23-7-13(16,17)11(14)15/h2,4-6,11H,1,3,7H2,(H2,18,19,24). The van der Waals surface area contributed by atoms with Gasteiger partial charge in [-0.15, -0.1) is 6.58 Å². The van der Waals surface area contributed by atoms with E-state index in [0.29, 0.717) is 6.54 Å². The van der Waals surface area contributed by atoms with Gasteiger partial charge in [-0.25, -0.2) is 8.78 Å². The Hall–Kier alpha value is -2.43. The van der Waals surface area contributed by atoms with Crippen LogP contribution in [-0.2, 0) is 0 Å². The fraction of sp³-hybridized carbons (Fsp3) is 0.308. The number of thiocarbonyl (C=S) groups is 1. The number of nitrogens with zero attached hydrogens (tertiary/aromatic N) is 1. The van der Waals surface area contributed by atoms with Crippen LogP contribution < -0.4 is 15.4 Å². The van der Waals surface area contributed by atoms with Gasteiger partial charge in [0.1, 0.15) is 5.75 Å². The molecule has 0 radical (unpaired) electrons. The molecule has 0 aliphatic heterocycles. The summed E-state index contributed by atoms with van der Waals surface area (Å²) in [6.07, 6.45) is -2.40. The average Bonchev–Trinajstić information content (AvgIpc) is 2.50. The van der Waals surface area contributed by atoms with Gasteiger partial charge >= 0.3 is 12.3 Å². The SMILES string of the molecule is C=CCNC(=S)Nc1cc(OCC(F)(F)C(F)F)cc([N+](=O)[O-])c1. The van der Waals surface area contributed by atoms with E-state index in [-0.39, 0.29) is 16.5 Å². The van der Waals surface area contributed by atoms with E-state index in [2.05, 4.69) is 21.9 Å². The third kappa shape index (κ3) is 5.99. The molecule has 0 amide bonds. The van der Waals surface area contributed by atoms with Gasteiger partial charge in [0.15, 0.2) is 11.7 Å². The van der Waals surface area contributed by atoms with E-state index in [9.17, 15) is 27.7 Å². The van der Waals surface area contributed by atoms with Crippen LogP contribution in [0.4, 0.5) is 28.9 Å². The smallest absolute Gasteiger partial charge is 0.340 e. The van der Waals surface area contributed by atoms with Crippen molar-refractivity contribution >= 4 is 28.7 Å². The zero-order valence-electron chi connectivity index (χ0n) is 12.1. The molecule has 11 heteroatoms. The second-order valence-corrected chi connectivity index (χ2v) is 4.86. The van der Waals surface area contributed by atoms with Gasteiger partial charge in [-0.3, -0.25) is 10.1 Å². The minimum Gasteiger partial charge on any atom is -0.487 e. The topological polar surface area (TPSA) is 76.4 Å². The highest BCUT2D eigenvalue weighted by atomic mass is 32.1. The second kappa shape index (κ2) is 8.43. The van der Waals surface area contributed by atoms with Crippen molar-refractivity contribution in [3.63, 3.8) is 0 Å². The molecule has 0 saturated carbocycles. The fourth-order valence-corrected chi connectivity index (χ4v) is 1.63. The van der Waals surface area contributed by atoms with Crippen LogP contribution >= 0.6 is 12.2 Å². The summed E-state index contributed by atoms with van der Waals surface area (Å²) in [4.78, 5) is 10.1. The zero-order valence-corrected chi connectivity index (χ0v) is 12.9. The number of benzene rings is 1. The summed E-state index contributed by atoms with van der Waals surface area (Å²) in [5, 5.41) is 16.2. The molecule has 1 rings (SSSR count). The molecule has 1 aromatic carbocycles. The van der Waals surface area contributed by atoms with Crippen molar-refractivity contribution in [2.24, 2.45) is 0 Å². The third-order valence-electron chi connectivity index (χ3n) is 2.52. The largest absolute Gasteiger partial charge is 0.487 e. The molecule has 2 N–H and O–H groups in total. The lowest BCUT2D eigenvalue weighted by Gasteiger charge is -2.16. The quantitative estimate of drug-likeness (QED) is 0.241. The lowest BCUT2D eigenvalue weighted by molar-refractivity contribution is -0.384. The van der Waals surface area contributed by atoms with E-state index in [4.69, 9.17) is 12.2 Å². The zero-order chi connectivity index (χ0) is 18.3. The van der Waals surface area contributed by atoms with Crippen molar-refractivity contribution in [2.45, 2.75) is 12.3 Å². The van der Waals surface area contributed by atoms with Crippen molar-refractivity contribution in [1.29, 1.82) is 0 Å². The Labute approximate surface area is 139 Å². The number of nitro benzene ring substituents is 1. The van der Waals surface area contributed by atoms with E-state index in [1.807, 2.05) is 0 Å². The predicted octanol–water partition coefficient (Wildman–Crippen LogP) is 3.35. The number of anilines is 1. The third-order valence-corrected chi connectivity index (χ3v) is 2.76. The molecule has 0 fully saturated rings. The van der Waals surface area contributed by atoms with Gasteiger partial charge in [-0.1, -0.05) is 6.08 Å². The Morgan fingerprint density at radius 2 is 2.12 bits per heavy atom. The number of halogens is 4. The minimum absolute atomic E-state index is 0.0705. The molecular weight excluding hydrogens is 354 g/mol. The van der Waals surface area contributed by atoms with Crippen LogP contribution in [0.15, 0.2) is 30.9 Å². The lowest BCUT2D eigenvalue weighted by Crippen LogP contribution is -2.33. The molecule has 0 unspecified atom stereocenters. The Kier molecular flexibility index (Phi) is 6.89. The van der Waals surface area contributed by atoms with Crippen LogP contribution in [0.3, 0.4) is 0 Å². The molecule has 0 aromatic heterocycles. The number of nitrogens with one attached hydrogen (secondary N) is 2. The van der Waals surface area contributed by atoms with Crippen LogP contribution in [0.2, 0.25) is 0 Å². The molecule has 6 nitrogen and oxygen atoms in total. The summed E-state index contributed by atoms with van der Waals surface area (Å²) in [5.74, 6) is -4.75. The first-order valence-electron chi connectivity index (χ1n) is 6.39. The molecule has 132 valence electrons. The number of non-ortho nitro benzene ring substituents is 1. The molecule has 0 spiro atoms. The van der Waals surface area contributed by atoms with E-state index in [1.165, 1.54) is 6.08 Å². The van der Waals surface area contributed by atoms with Gasteiger partial charge in [-0.2, -0.15) is 8.78 Å². The van der Waals surface area contributed by atoms with Crippen molar-refractivity contribution in [2.75, 3.05) is 18.5 Å². The Bertz CT molecular complexity index is 628. The summed E-state index contributed by atoms with van der Waals surface area (Å²) in [5.41, 5.74) is -0.414. The van der Waals surface area contributed by atoms with Crippen LogP contribution in [0, 0.1) is 10.1 Å². The summed E-state index contributed by atoms with van der Waals surface area (Å²) < 4.78 is 54.5. The second-order valence-electron chi connectivity index (χ2n) is 4.45. The Balaban J connectivity index is 2.93. The molecule has 0 atom stereocenters. The van der Waals surface area contributed by atoms with Crippen LogP contribution in [0.25, 0.3) is 0 Å². The molecule has 0 heterocycles. The first-order chi connectivity index (χ1) is 11.2. The number of hydrogen-bond acceptors (Lipinski definition) is 4. The maximum Gasteiger partial charge on any atom is 0.340 e. The van der Waals surface area contributed by atoms with E-state index in [0.717, 1.165) is 18.2 Å². The number of alkyl halides is 4. The van der Waals surface area contributed by atoms with Crippen LogP contribution in [0.1, 0.15) is 0 Å². The molecule has 24 heavy (non-hydrogen) atoms. The maximum atomic E-state index is 12.9. The van der Waals surface area contributed by atoms with Gasteiger partial charge in [0, 0.05) is 18.7 Å². The fourth-order valence-electron chi connectivity index (χ4n) is 1.43. The van der Waals surface area contributed by atoms with Gasteiger partial charge in [-0.05, 0) is 12.2 Å². The van der Waals surface area contributed by atoms with Crippen molar-refractivity contribution in [3.05, 3.63) is 41.0 Å². The summed E-state index contributed by atoms with van der Waals surface area (Å²) in [6.45, 7) is 2.16. The number of hydrogen-bond donors (Lipinski definition) is 2. The van der Waals surface area contributed by atoms with Crippen molar-refractivity contribution in [3.8, 4) is 5.75 Å². The highest BCUT2D eigenvalue weighted by molar-refractivity contribution is 7.80. The first-order valence-corrected chi connectivity index (χ1v) is 6.80. The van der Waals surface area contributed by atoms with Crippen molar-refractivity contribution in [1.82, 2.24) is 5.32 Å². The Morgan fingerprint density at radius 3 is 2.67 bits per heavy atom. The normalized spacial score (nSPS) is 11.0. The highest BCUT2D eigenvalue weighted by Gasteiger charge is 2.41. The number of nitro groups is 1. The lowest BCUT2D eigenvalue weighted by atomic mass is 10.2. The van der Waals surface area contributed by atoms with Crippen molar-refractivity contribution < 1.29 is 27.2 Å². The Morgan fingerprint density at radius 1 is 1.46 bits per heavy atom. The van der Waals surface area contributed by atoms with Gasteiger partial charge < -0.3 is 15.4 Å². The summed E-state index contributed by atoms with van der Waals surface area (Å²) in [6, 6.07) is 3.05. The molecule has 0 saturated heterocycles. The van der Waals surface area contributed by atoms with E-state index < -0.39 is 29.6 Å². The van der Waals surface area contributed by atoms with E-state index >= 15 is 0 Å². The van der Waals surface area contributed by atoms with Crippen LogP contribution in [0.5, 0.6) is 5.75 Å². The van der Waals surface area contributed by atoms with Gasteiger partial charge in [0.25, 0.3) is 5.69 Å². The monoisotopic (exact) mass is 367 g/mol. The summed E-state index contributed by atoms with van der Waals surface area (Å²) in [7, 11) is 0. The molecule has 0 bridgehead atoms. The first kappa shape index (κ1) is 19.6. The molecular formula is C13H13F4N3O3S. The predicted molar refractivity (Wildman–Crippen MR) is 84.0 cm³/mol. The average molecular weight is 367 g/mol. The van der Waals surface area contributed by atoms with Gasteiger partial charge in [0.2, 0.25) is 0 Å². The highest BCUT2D eigenvalue weighted by Crippen LogP contribution is 2.29. The summed E-state index contributed by atoms with van der Waals surface area (Å²) >= 11 is 4.91. The van der Waals surface area contributed by atoms with E-state index in [1.54, 1.807) is 0 Å². The number of ether oxygens (including phenoxy) is 1. The molecule has 0 aliphatic rings. The number of rotatable bonds is 8.